The molecule has 1 aromatic heterocycles. The van der Waals surface area contributed by atoms with Crippen molar-refractivity contribution in [2.24, 2.45) is 0 Å². The molecule has 0 atom stereocenters. The number of carbonyl (C=O) groups excluding carboxylic acids is 2. The minimum absolute atomic E-state index is 0.0596. The van der Waals surface area contributed by atoms with Gasteiger partial charge in [0.2, 0.25) is 0 Å². The molecule has 24 heavy (non-hydrogen) atoms. The fourth-order valence-corrected chi connectivity index (χ4v) is 2.51. The Labute approximate surface area is 143 Å². The predicted molar refractivity (Wildman–Crippen MR) is 92.3 cm³/mol. The zero-order chi connectivity index (χ0) is 17.9. The molecule has 1 aliphatic rings. The Balaban J connectivity index is 2.00. The van der Waals surface area contributed by atoms with Gasteiger partial charge >= 0.3 is 6.09 Å². The second-order valence-electron chi connectivity index (χ2n) is 7.03. The molecule has 0 aliphatic carbocycles. The number of anilines is 1. The van der Waals surface area contributed by atoms with Gasteiger partial charge in [-0.25, -0.2) is 9.78 Å². The molecule has 2 amide bonds. The summed E-state index contributed by atoms with van der Waals surface area (Å²) in [5, 5.41) is 0. The third-order valence-corrected chi connectivity index (χ3v) is 3.66. The minimum Gasteiger partial charge on any atom is -0.444 e. The Morgan fingerprint density at radius 1 is 1.12 bits per heavy atom. The van der Waals surface area contributed by atoms with E-state index in [1.54, 1.807) is 28.1 Å². The average Bonchev–Trinajstić information content (AvgIpc) is 2.52. The van der Waals surface area contributed by atoms with E-state index in [9.17, 15) is 9.59 Å². The molecule has 0 bridgehead atoms. The van der Waals surface area contributed by atoms with E-state index in [-0.39, 0.29) is 12.0 Å². The highest BCUT2D eigenvalue weighted by Gasteiger charge is 2.29. The Bertz CT molecular complexity index is 602. The van der Waals surface area contributed by atoms with Crippen molar-refractivity contribution in [1.29, 1.82) is 0 Å². The number of piperazine rings is 1. The summed E-state index contributed by atoms with van der Waals surface area (Å²) in [4.78, 5) is 34.3. The van der Waals surface area contributed by atoms with Crippen molar-refractivity contribution in [2.45, 2.75) is 26.4 Å². The molecule has 2 rings (SSSR count). The van der Waals surface area contributed by atoms with E-state index in [2.05, 4.69) is 4.98 Å². The van der Waals surface area contributed by atoms with Crippen LogP contribution in [0.5, 0.6) is 0 Å². The molecule has 0 unspecified atom stereocenters. The van der Waals surface area contributed by atoms with Crippen molar-refractivity contribution in [3.05, 3.63) is 23.9 Å². The van der Waals surface area contributed by atoms with Crippen molar-refractivity contribution in [1.82, 2.24) is 14.8 Å². The maximum atomic E-state index is 12.8. The summed E-state index contributed by atoms with van der Waals surface area (Å²) >= 11 is 0. The first-order valence-corrected chi connectivity index (χ1v) is 8.08. The summed E-state index contributed by atoms with van der Waals surface area (Å²) < 4.78 is 5.37. The summed E-state index contributed by atoms with van der Waals surface area (Å²) in [5.41, 5.74) is 0.0635. The average molecular weight is 334 g/mol. The van der Waals surface area contributed by atoms with Gasteiger partial charge in [-0.15, -0.1) is 0 Å². The Kier molecular flexibility index (Phi) is 5.31. The van der Waals surface area contributed by atoms with Crippen LogP contribution in [0.3, 0.4) is 0 Å². The Morgan fingerprint density at radius 3 is 2.25 bits per heavy atom. The van der Waals surface area contributed by atoms with E-state index in [4.69, 9.17) is 4.74 Å². The highest BCUT2D eigenvalue weighted by molar-refractivity contribution is 5.99. The van der Waals surface area contributed by atoms with Gasteiger partial charge < -0.3 is 19.4 Å². The molecule has 1 aromatic rings. The third kappa shape index (κ3) is 4.37. The van der Waals surface area contributed by atoms with Gasteiger partial charge in [0.25, 0.3) is 5.91 Å². The zero-order valence-electron chi connectivity index (χ0n) is 15.1. The zero-order valence-corrected chi connectivity index (χ0v) is 15.1. The number of amides is 2. The predicted octanol–water partition coefficient (Wildman–Crippen LogP) is 1.84. The van der Waals surface area contributed by atoms with Crippen LogP contribution in [0.15, 0.2) is 18.3 Å². The minimum atomic E-state index is -0.514. The Hall–Kier alpha value is -2.31. The summed E-state index contributed by atoms with van der Waals surface area (Å²) in [5.74, 6) is 0.590. The lowest BCUT2D eigenvalue weighted by molar-refractivity contribution is 0.0141. The van der Waals surface area contributed by atoms with Crippen LogP contribution >= 0.6 is 0 Å². The highest BCUT2D eigenvalue weighted by atomic mass is 16.6. The normalized spacial score (nSPS) is 15.2. The number of hydrogen-bond donors (Lipinski definition) is 0. The van der Waals surface area contributed by atoms with Gasteiger partial charge in [0.1, 0.15) is 11.4 Å². The molecule has 132 valence electrons. The van der Waals surface area contributed by atoms with Crippen LogP contribution in [0, 0.1) is 0 Å². The van der Waals surface area contributed by atoms with Crippen LogP contribution in [0.4, 0.5) is 10.6 Å². The van der Waals surface area contributed by atoms with Crippen LogP contribution in [0.1, 0.15) is 31.1 Å². The smallest absolute Gasteiger partial charge is 0.410 e. The van der Waals surface area contributed by atoms with E-state index < -0.39 is 5.60 Å². The molecular weight excluding hydrogens is 308 g/mol. The second kappa shape index (κ2) is 7.07. The lowest BCUT2D eigenvalue weighted by Gasteiger charge is -2.35. The number of aromatic nitrogens is 1. The van der Waals surface area contributed by atoms with Crippen molar-refractivity contribution in [2.75, 3.05) is 45.2 Å². The SMILES string of the molecule is CN(C)c1ncccc1C(=O)N1CCN(C(=O)OC(C)(C)C)CC1. The maximum absolute atomic E-state index is 12.8. The molecule has 1 aliphatic heterocycles. The van der Waals surface area contributed by atoms with Crippen LogP contribution in [0.25, 0.3) is 0 Å². The molecule has 0 saturated carbocycles. The van der Waals surface area contributed by atoms with Gasteiger partial charge in [-0.2, -0.15) is 0 Å². The molecule has 0 aromatic carbocycles. The third-order valence-electron chi connectivity index (χ3n) is 3.66. The Morgan fingerprint density at radius 2 is 1.71 bits per heavy atom. The molecule has 1 saturated heterocycles. The van der Waals surface area contributed by atoms with Gasteiger partial charge in [0.15, 0.2) is 0 Å². The molecule has 0 N–H and O–H groups in total. The number of carbonyl (C=O) groups is 2. The number of ether oxygens (including phenoxy) is 1. The maximum Gasteiger partial charge on any atom is 0.410 e. The first kappa shape index (κ1) is 18.0. The molecular formula is C17H26N4O3. The highest BCUT2D eigenvalue weighted by Crippen LogP contribution is 2.18. The van der Waals surface area contributed by atoms with E-state index in [1.165, 1.54) is 0 Å². The van der Waals surface area contributed by atoms with Crippen LogP contribution < -0.4 is 4.90 Å². The summed E-state index contributed by atoms with van der Waals surface area (Å²) in [6, 6.07) is 3.54. The summed E-state index contributed by atoms with van der Waals surface area (Å²) in [6.07, 6.45) is 1.34. The van der Waals surface area contributed by atoms with E-state index in [0.717, 1.165) is 0 Å². The molecule has 1 fully saturated rings. The quantitative estimate of drug-likeness (QED) is 0.826. The lowest BCUT2D eigenvalue weighted by atomic mass is 10.2. The van der Waals surface area contributed by atoms with Gasteiger partial charge in [0.05, 0.1) is 5.56 Å². The van der Waals surface area contributed by atoms with Gasteiger partial charge in [-0.1, -0.05) is 0 Å². The monoisotopic (exact) mass is 334 g/mol. The van der Waals surface area contributed by atoms with Gasteiger partial charge in [-0.05, 0) is 32.9 Å². The fourth-order valence-electron chi connectivity index (χ4n) is 2.51. The largest absolute Gasteiger partial charge is 0.444 e. The number of pyridine rings is 1. The molecule has 2 heterocycles. The van der Waals surface area contributed by atoms with E-state index in [1.807, 2.05) is 39.8 Å². The van der Waals surface area contributed by atoms with Crippen molar-refractivity contribution in [3.8, 4) is 0 Å². The fraction of sp³-hybridized carbons (Fsp3) is 0.588. The van der Waals surface area contributed by atoms with Gasteiger partial charge in [0, 0.05) is 46.5 Å². The van der Waals surface area contributed by atoms with E-state index in [0.29, 0.717) is 37.6 Å². The summed E-state index contributed by atoms with van der Waals surface area (Å²) in [6.45, 7) is 7.44. The standard InChI is InChI=1S/C17H26N4O3/c1-17(2,3)24-16(23)21-11-9-20(10-12-21)15(22)13-7-6-8-18-14(13)19(4)5/h6-8H,9-12H2,1-5H3. The molecule has 7 heteroatoms. The first-order chi connectivity index (χ1) is 11.2. The van der Waals surface area contributed by atoms with Crippen LogP contribution in [-0.2, 0) is 4.74 Å². The number of hydrogen-bond acceptors (Lipinski definition) is 5. The topological polar surface area (TPSA) is 66.0 Å². The molecule has 0 radical (unpaired) electrons. The van der Waals surface area contributed by atoms with Crippen LogP contribution in [0.2, 0.25) is 0 Å². The van der Waals surface area contributed by atoms with Crippen LogP contribution in [-0.4, -0.2) is 72.7 Å². The van der Waals surface area contributed by atoms with Crippen molar-refractivity contribution < 1.29 is 14.3 Å². The van der Waals surface area contributed by atoms with Gasteiger partial charge in [-0.3, -0.25) is 4.79 Å². The number of nitrogens with zero attached hydrogens (tertiary/aromatic N) is 4. The first-order valence-electron chi connectivity index (χ1n) is 8.08. The molecule has 7 nitrogen and oxygen atoms in total. The summed E-state index contributed by atoms with van der Waals surface area (Å²) in [7, 11) is 3.72. The second-order valence-corrected chi connectivity index (χ2v) is 7.03. The lowest BCUT2D eigenvalue weighted by Crippen LogP contribution is -2.51. The van der Waals surface area contributed by atoms with E-state index >= 15 is 0 Å². The molecule has 0 spiro atoms. The van der Waals surface area contributed by atoms with Crippen molar-refractivity contribution >= 4 is 17.8 Å². The van der Waals surface area contributed by atoms with Crippen molar-refractivity contribution in [3.63, 3.8) is 0 Å². The number of rotatable bonds is 2.